The Kier molecular flexibility index (Phi) is 2.77. The van der Waals surface area contributed by atoms with E-state index in [1.54, 1.807) is 18.3 Å². The number of nitrogens with two attached hydrogens (primary N) is 1. The Labute approximate surface area is 112 Å². The van der Waals surface area contributed by atoms with Crippen LogP contribution in [0.5, 0.6) is 0 Å². The van der Waals surface area contributed by atoms with Crippen LogP contribution in [-0.4, -0.2) is 26.3 Å². The Bertz CT molecular complexity index is 618. The first-order valence-corrected chi connectivity index (χ1v) is 5.91. The van der Waals surface area contributed by atoms with Crippen molar-refractivity contribution in [2.24, 2.45) is 0 Å². The number of pyridine rings is 1. The smallest absolute Gasteiger partial charge is 0.384 e. The average molecular weight is 284 g/mol. The third-order valence-electron chi connectivity index (χ3n) is 3.14. The van der Waals surface area contributed by atoms with Crippen LogP contribution >= 0.6 is 0 Å². The zero-order valence-electron chi connectivity index (χ0n) is 10.3. The van der Waals surface area contributed by atoms with Crippen LogP contribution < -0.4 is 10.6 Å². The van der Waals surface area contributed by atoms with Gasteiger partial charge in [-0.1, -0.05) is 0 Å². The molecule has 106 valence electrons. The van der Waals surface area contributed by atoms with Gasteiger partial charge in [-0.15, -0.1) is 10.2 Å². The van der Waals surface area contributed by atoms with E-state index in [-0.39, 0.29) is 13.1 Å². The number of fused-ring (bicyclic) bond motifs is 1. The highest BCUT2D eigenvalue weighted by atomic mass is 19.4. The first kappa shape index (κ1) is 12.7. The minimum atomic E-state index is -4.48. The molecule has 2 aromatic heterocycles. The molecule has 3 heterocycles. The quantitative estimate of drug-likeness (QED) is 0.854. The van der Waals surface area contributed by atoms with Crippen molar-refractivity contribution in [1.82, 2.24) is 19.7 Å². The number of aromatic nitrogens is 4. The molecule has 6 nitrogen and oxygen atoms in total. The number of anilines is 2. The molecule has 9 heteroatoms. The summed E-state index contributed by atoms with van der Waals surface area (Å²) < 4.78 is 39.3. The molecule has 0 aromatic carbocycles. The summed E-state index contributed by atoms with van der Waals surface area (Å²) in [5.41, 5.74) is 6.30. The van der Waals surface area contributed by atoms with Gasteiger partial charge in [0.05, 0.1) is 18.4 Å². The lowest BCUT2D eigenvalue weighted by atomic mass is 10.3. The minimum absolute atomic E-state index is 0.182. The molecule has 1 aliphatic rings. The molecule has 0 spiro atoms. The van der Waals surface area contributed by atoms with Crippen molar-refractivity contribution in [3.05, 3.63) is 30.0 Å². The highest BCUT2D eigenvalue weighted by Gasteiger charge is 2.39. The van der Waals surface area contributed by atoms with Crippen molar-refractivity contribution in [2.75, 3.05) is 17.2 Å². The number of nitrogen functional groups attached to an aromatic ring is 1. The van der Waals surface area contributed by atoms with Gasteiger partial charge in [-0.3, -0.25) is 0 Å². The van der Waals surface area contributed by atoms with Gasteiger partial charge in [0.25, 0.3) is 0 Å². The van der Waals surface area contributed by atoms with Crippen molar-refractivity contribution >= 4 is 11.5 Å². The monoisotopic (exact) mass is 284 g/mol. The van der Waals surface area contributed by atoms with Gasteiger partial charge >= 0.3 is 6.18 Å². The van der Waals surface area contributed by atoms with Crippen LogP contribution in [0.15, 0.2) is 18.3 Å². The average Bonchev–Trinajstić information content (AvgIpc) is 2.82. The van der Waals surface area contributed by atoms with E-state index in [2.05, 4.69) is 15.2 Å². The van der Waals surface area contributed by atoms with Crippen LogP contribution in [0.1, 0.15) is 11.6 Å². The van der Waals surface area contributed by atoms with Gasteiger partial charge in [0.1, 0.15) is 5.82 Å². The standard InChI is InChI=1S/C11H11F3N6/c12-11(13,14)10-18-17-9-6-19(3-4-20(9)10)7-1-2-8(15)16-5-7/h1-2,5H,3-4,6H2,(H2,15,16). The molecule has 0 saturated heterocycles. The van der Waals surface area contributed by atoms with E-state index in [9.17, 15) is 13.2 Å². The Morgan fingerprint density at radius 3 is 2.60 bits per heavy atom. The minimum Gasteiger partial charge on any atom is -0.384 e. The lowest BCUT2D eigenvalue weighted by molar-refractivity contribution is -0.147. The maximum atomic E-state index is 12.7. The fourth-order valence-corrected chi connectivity index (χ4v) is 2.17. The summed E-state index contributed by atoms with van der Waals surface area (Å²) >= 11 is 0. The lowest BCUT2D eigenvalue weighted by Crippen LogP contribution is -2.35. The Balaban J connectivity index is 1.86. The summed E-state index contributed by atoms with van der Waals surface area (Å²) in [6, 6.07) is 3.43. The summed E-state index contributed by atoms with van der Waals surface area (Å²) in [6.45, 7) is 0.871. The second-order valence-corrected chi connectivity index (χ2v) is 4.45. The fraction of sp³-hybridized carbons (Fsp3) is 0.364. The van der Waals surface area contributed by atoms with Crippen molar-refractivity contribution in [1.29, 1.82) is 0 Å². The SMILES string of the molecule is Nc1ccc(N2CCn3c(nnc3C(F)(F)F)C2)cn1. The van der Waals surface area contributed by atoms with Crippen LogP contribution in [0, 0.1) is 0 Å². The summed E-state index contributed by atoms with van der Waals surface area (Å²) in [6.07, 6.45) is -2.89. The van der Waals surface area contributed by atoms with Crippen molar-refractivity contribution in [3.8, 4) is 0 Å². The van der Waals surface area contributed by atoms with Gasteiger partial charge < -0.3 is 15.2 Å². The first-order valence-electron chi connectivity index (χ1n) is 5.91. The number of alkyl halides is 3. The Hall–Kier alpha value is -2.32. The Morgan fingerprint density at radius 2 is 1.95 bits per heavy atom. The van der Waals surface area contributed by atoms with Gasteiger partial charge in [0.15, 0.2) is 5.82 Å². The third kappa shape index (κ3) is 2.15. The molecule has 0 amide bonds. The molecule has 0 bridgehead atoms. The number of hydrogen-bond donors (Lipinski definition) is 1. The van der Waals surface area contributed by atoms with E-state index < -0.39 is 12.0 Å². The molecule has 0 saturated carbocycles. The summed E-state index contributed by atoms with van der Waals surface area (Å²) in [5, 5.41) is 6.86. The zero-order chi connectivity index (χ0) is 14.3. The van der Waals surface area contributed by atoms with Crippen LogP contribution in [0.3, 0.4) is 0 Å². The molecule has 0 fully saturated rings. The normalized spacial score (nSPS) is 15.2. The highest BCUT2D eigenvalue weighted by Crippen LogP contribution is 2.30. The van der Waals surface area contributed by atoms with E-state index in [4.69, 9.17) is 5.73 Å². The van der Waals surface area contributed by atoms with E-state index in [0.717, 1.165) is 10.3 Å². The molecular formula is C11H11F3N6. The van der Waals surface area contributed by atoms with Crippen LogP contribution in [-0.2, 0) is 19.3 Å². The summed E-state index contributed by atoms with van der Waals surface area (Å²) in [5.74, 6) is -0.253. The number of rotatable bonds is 1. The second-order valence-electron chi connectivity index (χ2n) is 4.45. The highest BCUT2D eigenvalue weighted by molar-refractivity contribution is 5.48. The predicted octanol–water partition coefficient (Wildman–Crippen LogP) is 1.29. The summed E-state index contributed by atoms with van der Waals surface area (Å²) in [4.78, 5) is 5.85. The molecule has 0 radical (unpaired) electrons. The second kappa shape index (κ2) is 4.36. The number of halogens is 3. The maximum absolute atomic E-state index is 12.7. The van der Waals surface area contributed by atoms with E-state index in [1.807, 2.05) is 4.90 Å². The van der Waals surface area contributed by atoms with Gasteiger partial charge in [-0.2, -0.15) is 13.2 Å². The molecule has 2 aromatic rings. The molecule has 0 atom stereocenters. The predicted molar refractivity (Wildman–Crippen MR) is 64.7 cm³/mol. The van der Waals surface area contributed by atoms with Crippen LogP contribution in [0.4, 0.5) is 24.7 Å². The number of hydrogen-bond acceptors (Lipinski definition) is 5. The maximum Gasteiger partial charge on any atom is 0.451 e. The zero-order valence-corrected chi connectivity index (χ0v) is 10.3. The molecule has 3 rings (SSSR count). The fourth-order valence-electron chi connectivity index (χ4n) is 2.17. The van der Waals surface area contributed by atoms with Gasteiger partial charge in [-0.25, -0.2) is 4.98 Å². The molecule has 2 N–H and O–H groups in total. The van der Waals surface area contributed by atoms with E-state index >= 15 is 0 Å². The van der Waals surface area contributed by atoms with Gasteiger partial charge in [0, 0.05) is 13.1 Å². The molecule has 0 unspecified atom stereocenters. The van der Waals surface area contributed by atoms with E-state index in [1.165, 1.54) is 0 Å². The van der Waals surface area contributed by atoms with Crippen molar-refractivity contribution in [3.63, 3.8) is 0 Å². The van der Waals surface area contributed by atoms with Gasteiger partial charge in [-0.05, 0) is 12.1 Å². The molecule has 1 aliphatic heterocycles. The van der Waals surface area contributed by atoms with Crippen LogP contribution in [0.25, 0.3) is 0 Å². The van der Waals surface area contributed by atoms with E-state index in [0.29, 0.717) is 18.2 Å². The summed E-state index contributed by atoms with van der Waals surface area (Å²) in [7, 11) is 0. The Morgan fingerprint density at radius 1 is 1.15 bits per heavy atom. The topological polar surface area (TPSA) is 72.9 Å². The van der Waals surface area contributed by atoms with Crippen LogP contribution in [0.2, 0.25) is 0 Å². The van der Waals surface area contributed by atoms with Crippen molar-refractivity contribution in [2.45, 2.75) is 19.3 Å². The van der Waals surface area contributed by atoms with Gasteiger partial charge in [0.2, 0.25) is 5.82 Å². The lowest BCUT2D eigenvalue weighted by Gasteiger charge is -2.29. The van der Waals surface area contributed by atoms with Crippen molar-refractivity contribution < 1.29 is 13.2 Å². The molecule has 20 heavy (non-hydrogen) atoms. The molecule has 0 aliphatic carbocycles. The first-order chi connectivity index (χ1) is 9.45. The largest absolute Gasteiger partial charge is 0.451 e. The third-order valence-corrected chi connectivity index (χ3v) is 3.14. The number of nitrogens with zero attached hydrogens (tertiary/aromatic N) is 5. The molecular weight excluding hydrogens is 273 g/mol.